The quantitative estimate of drug-likeness (QED) is 0.430. The second-order valence-electron chi connectivity index (χ2n) is 5.24. The van der Waals surface area contributed by atoms with Crippen LogP contribution in [0.15, 0.2) is 66.3 Å². The molecule has 0 bridgehead atoms. The van der Waals surface area contributed by atoms with Crippen molar-refractivity contribution in [2.45, 2.75) is 13.3 Å². The van der Waals surface area contributed by atoms with Crippen LogP contribution in [0.1, 0.15) is 29.3 Å². The molecule has 2 aromatic rings. The third-order valence-electron chi connectivity index (χ3n) is 3.22. The molecule has 0 fully saturated rings. The van der Waals surface area contributed by atoms with Gasteiger partial charge in [-0.3, -0.25) is 4.79 Å². The number of nitrogens with one attached hydrogen (secondary N) is 1. The molecule has 0 aliphatic rings. The van der Waals surface area contributed by atoms with Gasteiger partial charge in [0.15, 0.2) is 0 Å². The minimum Gasteiger partial charge on any atom is -0.494 e. The maximum absolute atomic E-state index is 12.0. The highest BCUT2D eigenvalue weighted by molar-refractivity contribution is 5.95. The Kier molecular flexibility index (Phi) is 7.25. The van der Waals surface area contributed by atoms with Crippen molar-refractivity contribution in [1.82, 2.24) is 5.43 Å². The summed E-state index contributed by atoms with van der Waals surface area (Å²) in [5.74, 6) is 1.22. The Bertz CT molecular complexity index is 707. The van der Waals surface area contributed by atoms with Gasteiger partial charge in [0.05, 0.1) is 12.8 Å². The average Bonchev–Trinajstić information content (AvgIpc) is 2.66. The number of rotatable bonds is 9. The molecule has 5 nitrogen and oxygen atoms in total. The summed E-state index contributed by atoms with van der Waals surface area (Å²) in [5.41, 5.74) is 3.88. The van der Waals surface area contributed by atoms with Crippen LogP contribution in [0.25, 0.3) is 0 Å². The van der Waals surface area contributed by atoms with Gasteiger partial charge in [-0.1, -0.05) is 19.6 Å². The number of benzene rings is 2. The van der Waals surface area contributed by atoms with Crippen molar-refractivity contribution in [2.24, 2.45) is 5.10 Å². The molecular weight excluding hydrogens is 316 g/mol. The van der Waals surface area contributed by atoms with Crippen molar-refractivity contribution in [3.05, 3.63) is 72.3 Å². The normalized spacial score (nSPS) is 10.4. The fourth-order valence-electron chi connectivity index (χ4n) is 1.96. The first-order chi connectivity index (χ1) is 12.2. The number of hydrogen-bond acceptors (Lipinski definition) is 4. The van der Waals surface area contributed by atoms with Crippen molar-refractivity contribution in [3.63, 3.8) is 0 Å². The van der Waals surface area contributed by atoms with Gasteiger partial charge in [0, 0.05) is 5.56 Å². The van der Waals surface area contributed by atoms with Crippen LogP contribution in [0.2, 0.25) is 0 Å². The predicted octanol–water partition coefficient (Wildman–Crippen LogP) is 3.80. The summed E-state index contributed by atoms with van der Waals surface area (Å²) < 4.78 is 10.9. The number of amides is 1. The molecule has 5 heteroatoms. The van der Waals surface area contributed by atoms with E-state index in [1.165, 1.54) is 0 Å². The maximum atomic E-state index is 12.0. The van der Waals surface area contributed by atoms with E-state index >= 15 is 0 Å². The number of hydrogen-bond donors (Lipinski definition) is 1. The Morgan fingerprint density at radius 2 is 1.72 bits per heavy atom. The zero-order valence-electron chi connectivity index (χ0n) is 14.3. The summed E-state index contributed by atoms with van der Waals surface area (Å²) in [7, 11) is 0. The van der Waals surface area contributed by atoms with Crippen molar-refractivity contribution < 1.29 is 14.3 Å². The Morgan fingerprint density at radius 3 is 2.36 bits per heavy atom. The summed E-state index contributed by atoms with van der Waals surface area (Å²) in [5, 5.41) is 3.97. The zero-order valence-corrected chi connectivity index (χ0v) is 14.3. The standard InChI is InChI=1S/C20H22N2O3/c1-3-13-24-18-9-5-16(6-10-18)15-21-22-20(23)17-7-11-19(12-8-17)25-14-4-2/h4-12,15H,2-3,13-14H2,1H3,(H,22,23). The Balaban J connectivity index is 1.86. The zero-order chi connectivity index (χ0) is 17.9. The van der Waals surface area contributed by atoms with Crippen LogP contribution in [-0.4, -0.2) is 25.3 Å². The molecule has 0 radical (unpaired) electrons. The van der Waals surface area contributed by atoms with Crippen LogP contribution in [0, 0.1) is 0 Å². The minimum atomic E-state index is -0.283. The van der Waals surface area contributed by atoms with Gasteiger partial charge < -0.3 is 9.47 Å². The van der Waals surface area contributed by atoms with E-state index < -0.39 is 0 Å². The van der Waals surface area contributed by atoms with Gasteiger partial charge in [-0.05, 0) is 60.5 Å². The molecule has 0 heterocycles. The molecule has 0 spiro atoms. The Hall–Kier alpha value is -3.08. The molecule has 0 aliphatic heterocycles. The summed E-state index contributed by atoms with van der Waals surface area (Å²) in [6.45, 7) is 6.77. The second-order valence-corrected chi connectivity index (χ2v) is 5.24. The monoisotopic (exact) mass is 338 g/mol. The van der Waals surface area contributed by atoms with Crippen LogP contribution < -0.4 is 14.9 Å². The van der Waals surface area contributed by atoms with E-state index in [-0.39, 0.29) is 5.91 Å². The topological polar surface area (TPSA) is 59.9 Å². The van der Waals surface area contributed by atoms with Crippen LogP contribution in [0.4, 0.5) is 0 Å². The van der Waals surface area contributed by atoms with Crippen molar-refractivity contribution in [1.29, 1.82) is 0 Å². The molecule has 0 atom stereocenters. The number of hydrazone groups is 1. The predicted molar refractivity (Wildman–Crippen MR) is 99.4 cm³/mol. The van der Waals surface area contributed by atoms with E-state index in [0.717, 1.165) is 17.7 Å². The van der Waals surface area contributed by atoms with E-state index in [2.05, 4.69) is 24.0 Å². The molecule has 2 aromatic carbocycles. The highest BCUT2D eigenvalue weighted by Crippen LogP contribution is 2.13. The van der Waals surface area contributed by atoms with Crippen LogP contribution >= 0.6 is 0 Å². The molecule has 0 saturated heterocycles. The largest absolute Gasteiger partial charge is 0.494 e. The highest BCUT2D eigenvalue weighted by atomic mass is 16.5. The SMILES string of the molecule is C=CCOc1ccc(C(=O)NN=Cc2ccc(OCCC)cc2)cc1. The van der Waals surface area contributed by atoms with Gasteiger partial charge >= 0.3 is 0 Å². The molecule has 130 valence electrons. The fraction of sp³-hybridized carbons (Fsp3) is 0.200. The first-order valence-electron chi connectivity index (χ1n) is 8.13. The average molecular weight is 338 g/mol. The van der Waals surface area contributed by atoms with Crippen LogP contribution in [0.3, 0.4) is 0 Å². The summed E-state index contributed by atoms with van der Waals surface area (Å²) >= 11 is 0. The lowest BCUT2D eigenvalue weighted by Crippen LogP contribution is -2.17. The maximum Gasteiger partial charge on any atom is 0.271 e. The number of ether oxygens (including phenoxy) is 2. The number of carbonyl (C=O) groups is 1. The summed E-state index contributed by atoms with van der Waals surface area (Å²) in [4.78, 5) is 12.0. The third kappa shape index (κ3) is 6.14. The molecule has 0 unspecified atom stereocenters. The molecule has 0 aromatic heterocycles. The minimum absolute atomic E-state index is 0.283. The first kappa shape index (κ1) is 18.3. The van der Waals surface area contributed by atoms with E-state index in [9.17, 15) is 4.79 Å². The van der Waals surface area contributed by atoms with E-state index in [1.807, 2.05) is 24.3 Å². The smallest absolute Gasteiger partial charge is 0.271 e. The lowest BCUT2D eigenvalue weighted by Gasteiger charge is -2.05. The molecule has 1 amide bonds. The lowest BCUT2D eigenvalue weighted by molar-refractivity contribution is 0.0955. The van der Waals surface area contributed by atoms with Gasteiger partial charge in [0.25, 0.3) is 5.91 Å². The molecule has 2 rings (SSSR count). The molecule has 0 saturated carbocycles. The molecule has 1 N–H and O–H groups in total. The van der Waals surface area contributed by atoms with E-state index in [4.69, 9.17) is 9.47 Å². The molecule has 0 aliphatic carbocycles. The molecule has 25 heavy (non-hydrogen) atoms. The highest BCUT2D eigenvalue weighted by Gasteiger charge is 2.04. The van der Waals surface area contributed by atoms with Gasteiger partial charge in [0.2, 0.25) is 0 Å². The summed E-state index contributed by atoms with van der Waals surface area (Å²) in [6.07, 6.45) is 4.22. The van der Waals surface area contributed by atoms with Gasteiger partial charge in [0.1, 0.15) is 18.1 Å². The first-order valence-corrected chi connectivity index (χ1v) is 8.13. The molecular formula is C20H22N2O3. The van der Waals surface area contributed by atoms with Crippen molar-refractivity contribution in [3.8, 4) is 11.5 Å². The van der Waals surface area contributed by atoms with Gasteiger partial charge in [-0.2, -0.15) is 5.10 Å². The lowest BCUT2D eigenvalue weighted by atomic mass is 10.2. The van der Waals surface area contributed by atoms with Gasteiger partial charge in [-0.15, -0.1) is 0 Å². The van der Waals surface area contributed by atoms with Crippen LogP contribution in [0.5, 0.6) is 11.5 Å². The summed E-state index contributed by atoms with van der Waals surface area (Å²) in [6, 6.07) is 14.3. The number of nitrogens with zero attached hydrogens (tertiary/aromatic N) is 1. The fourth-order valence-corrected chi connectivity index (χ4v) is 1.96. The van der Waals surface area contributed by atoms with E-state index in [0.29, 0.717) is 24.5 Å². The van der Waals surface area contributed by atoms with Crippen LogP contribution in [-0.2, 0) is 0 Å². The third-order valence-corrected chi connectivity index (χ3v) is 3.22. The Labute approximate surface area is 148 Å². The van der Waals surface area contributed by atoms with Gasteiger partial charge in [-0.25, -0.2) is 5.43 Å². The Morgan fingerprint density at radius 1 is 1.08 bits per heavy atom. The number of carbonyl (C=O) groups excluding carboxylic acids is 1. The van der Waals surface area contributed by atoms with Crippen molar-refractivity contribution >= 4 is 12.1 Å². The van der Waals surface area contributed by atoms with Crippen molar-refractivity contribution in [2.75, 3.05) is 13.2 Å². The van der Waals surface area contributed by atoms with E-state index in [1.54, 1.807) is 36.6 Å². The second kappa shape index (κ2) is 9.93.